The van der Waals surface area contributed by atoms with Gasteiger partial charge in [0, 0.05) is 38.8 Å². The molecule has 1 saturated heterocycles. The smallest absolute Gasteiger partial charge is 0.256 e. The predicted octanol–water partition coefficient (Wildman–Crippen LogP) is 2.38. The number of hydrogen-bond donors (Lipinski definition) is 0. The highest BCUT2D eigenvalue weighted by molar-refractivity contribution is 5.94. The molecule has 20 heavy (non-hydrogen) atoms. The molecule has 3 nitrogen and oxygen atoms in total. The zero-order valence-electron chi connectivity index (χ0n) is 11.9. The van der Waals surface area contributed by atoms with Crippen molar-refractivity contribution < 1.29 is 13.6 Å². The average molecular weight is 282 g/mol. The molecule has 5 heteroatoms. The highest BCUT2D eigenvalue weighted by Crippen LogP contribution is 2.14. The summed E-state index contributed by atoms with van der Waals surface area (Å²) < 4.78 is 26.5. The number of nitrogens with zero attached hydrogens (tertiary/aromatic N) is 2. The molecule has 0 spiro atoms. The summed E-state index contributed by atoms with van der Waals surface area (Å²) in [5.41, 5.74) is -0.0521. The van der Waals surface area contributed by atoms with E-state index in [2.05, 4.69) is 18.7 Å². The minimum absolute atomic E-state index is 0.0521. The molecule has 0 N–H and O–H groups in total. The van der Waals surface area contributed by atoms with E-state index in [4.69, 9.17) is 0 Å². The van der Waals surface area contributed by atoms with E-state index in [-0.39, 0.29) is 11.5 Å². The van der Waals surface area contributed by atoms with Gasteiger partial charge in [-0.2, -0.15) is 0 Å². The molecule has 0 bridgehead atoms. The summed E-state index contributed by atoms with van der Waals surface area (Å²) in [6.07, 6.45) is 0. The highest BCUT2D eigenvalue weighted by Gasteiger charge is 2.24. The maximum Gasteiger partial charge on any atom is 0.256 e. The number of hydrogen-bond acceptors (Lipinski definition) is 2. The summed E-state index contributed by atoms with van der Waals surface area (Å²) in [5.74, 6) is -1.22. The van der Waals surface area contributed by atoms with Crippen LogP contribution in [0.5, 0.6) is 0 Å². The van der Waals surface area contributed by atoms with Gasteiger partial charge in [-0.15, -0.1) is 0 Å². The first-order valence-corrected chi connectivity index (χ1v) is 6.94. The molecule has 1 fully saturated rings. The van der Waals surface area contributed by atoms with Crippen LogP contribution in [0.1, 0.15) is 24.2 Å². The lowest BCUT2D eigenvalue weighted by molar-refractivity contribution is 0.0619. The maximum atomic E-state index is 13.6. The fraction of sp³-hybridized carbons (Fsp3) is 0.533. The van der Waals surface area contributed by atoms with Crippen LogP contribution < -0.4 is 0 Å². The van der Waals surface area contributed by atoms with Crippen molar-refractivity contribution in [3.8, 4) is 0 Å². The van der Waals surface area contributed by atoms with Crippen LogP contribution in [0.25, 0.3) is 0 Å². The third-order valence-electron chi connectivity index (χ3n) is 3.44. The van der Waals surface area contributed by atoms with Gasteiger partial charge in [0.1, 0.15) is 11.6 Å². The number of halogens is 2. The number of amides is 1. The second kappa shape index (κ2) is 6.31. The average Bonchev–Trinajstić information content (AvgIpc) is 2.38. The number of carbonyl (C=O) groups is 1. The van der Waals surface area contributed by atoms with E-state index in [9.17, 15) is 13.6 Å². The summed E-state index contributed by atoms with van der Waals surface area (Å²) in [4.78, 5) is 16.1. The molecule has 1 aliphatic heterocycles. The Hall–Kier alpha value is -1.49. The minimum Gasteiger partial charge on any atom is -0.336 e. The second-order valence-electron chi connectivity index (χ2n) is 5.61. The van der Waals surface area contributed by atoms with Crippen molar-refractivity contribution in [1.29, 1.82) is 0 Å². The van der Waals surface area contributed by atoms with Crippen molar-refractivity contribution in [2.45, 2.75) is 13.8 Å². The van der Waals surface area contributed by atoms with Crippen molar-refractivity contribution in [1.82, 2.24) is 9.80 Å². The van der Waals surface area contributed by atoms with Gasteiger partial charge in [0.2, 0.25) is 0 Å². The fourth-order valence-electron chi connectivity index (χ4n) is 2.48. The first kappa shape index (κ1) is 14.9. The Labute approximate surface area is 118 Å². The third kappa shape index (κ3) is 3.54. The Bertz CT molecular complexity index is 483. The van der Waals surface area contributed by atoms with Crippen molar-refractivity contribution >= 4 is 5.91 Å². The molecule has 0 aliphatic carbocycles. The third-order valence-corrected chi connectivity index (χ3v) is 3.44. The quantitative estimate of drug-likeness (QED) is 0.850. The summed E-state index contributed by atoms with van der Waals surface area (Å²) in [5, 5.41) is 0. The van der Waals surface area contributed by atoms with Gasteiger partial charge >= 0.3 is 0 Å². The van der Waals surface area contributed by atoms with E-state index in [1.807, 2.05) is 0 Å². The molecule has 1 aliphatic rings. The molecule has 1 amide bonds. The molecule has 110 valence electrons. The largest absolute Gasteiger partial charge is 0.336 e. The van der Waals surface area contributed by atoms with Crippen LogP contribution in [-0.4, -0.2) is 48.4 Å². The SMILES string of the molecule is CC(C)CN1CCN(C(=O)c2ccc(F)cc2F)CC1. The van der Waals surface area contributed by atoms with E-state index in [0.29, 0.717) is 19.0 Å². The molecule has 0 radical (unpaired) electrons. The van der Waals surface area contributed by atoms with Crippen molar-refractivity contribution in [2.24, 2.45) is 5.92 Å². The van der Waals surface area contributed by atoms with Gasteiger partial charge in [-0.3, -0.25) is 9.69 Å². The number of piperazine rings is 1. The molecule has 0 unspecified atom stereocenters. The molecular weight excluding hydrogens is 262 g/mol. The van der Waals surface area contributed by atoms with Crippen LogP contribution in [0, 0.1) is 17.6 Å². The number of rotatable bonds is 3. The molecular formula is C15H20F2N2O. The Kier molecular flexibility index (Phi) is 4.70. The second-order valence-corrected chi connectivity index (χ2v) is 5.61. The lowest BCUT2D eigenvalue weighted by atomic mass is 10.1. The zero-order valence-corrected chi connectivity index (χ0v) is 11.9. The zero-order chi connectivity index (χ0) is 14.7. The lowest BCUT2D eigenvalue weighted by Crippen LogP contribution is -2.49. The molecule has 1 heterocycles. The standard InChI is InChI=1S/C15H20F2N2O/c1-11(2)10-18-5-7-19(8-6-18)15(20)13-4-3-12(16)9-14(13)17/h3-4,9,11H,5-8,10H2,1-2H3. The minimum atomic E-state index is -0.792. The summed E-state index contributed by atoms with van der Waals surface area (Å²) in [6, 6.07) is 3.08. The monoisotopic (exact) mass is 282 g/mol. The Morgan fingerprint density at radius 1 is 1.20 bits per heavy atom. The van der Waals surface area contributed by atoms with Crippen LogP contribution in [0.3, 0.4) is 0 Å². The molecule has 0 saturated carbocycles. The molecule has 1 aromatic carbocycles. The van der Waals surface area contributed by atoms with Crippen molar-refractivity contribution in [3.63, 3.8) is 0 Å². The highest BCUT2D eigenvalue weighted by atomic mass is 19.1. The van der Waals surface area contributed by atoms with Crippen LogP contribution in [0.2, 0.25) is 0 Å². The van der Waals surface area contributed by atoms with E-state index < -0.39 is 11.6 Å². The van der Waals surface area contributed by atoms with Gasteiger partial charge in [-0.05, 0) is 18.1 Å². The Morgan fingerprint density at radius 3 is 2.40 bits per heavy atom. The van der Waals surface area contributed by atoms with E-state index in [0.717, 1.165) is 31.8 Å². The summed E-state index contributed by atoms with van der Waals surface area (Å²) in [6.45, 7) is 8.09. The van der Waals surface area contributed by atoms with Crippen molar-refractivity contribution in [2.75, 3.05) is 32.7 Å². The van der Waals surface area contributed by atoms with Gasteiger partial charge in [-0.1, -0.05) is 13.8 Å². The van der Waals surface area contributed by atoms with E-state index in [1.54, 1.807) is 4.90 Å². The molecule has 0 aromatic heterocycles. The Balaban J connectivity index is 1.98. The topological polar surface area (TPSA) is 23.6 Å². The lowest BCUT2D eigenvalue weighted by Gasteiger charge is -2.35. The van der Waals surface area contributed by atoms with Crippen LogP contribution >= 0.6 is 0 Å². The summed E-state index contributed by atoms with van der Waals surface area (Å²) in [7, 11) is 0. The van der Waals surface area contributed by atoms with Crippen molar-refractivity contribution in [3.05, 3.63) is 35.4 Å². The number of benzene rings is 1. The van der Waals surface area contributed by atoms with Crippen LogP contribution in [0.4, 0.5) is 8.78 Å². The van der Waals surface area contributed by atoms with Gasteiger partial charge in [0.05, 0.1) is 5.56 Å². The number of carbonyl (C=O) groups excluding carboxylic acids is 1. The normalized spacial score (nSPS) is 16.8. The fourth-order valence-corrected chi connectivity index (χ4v) is 2.48. The van der Waals surface area contributed by atoms with Gasteiger partial charge in [-0.25, -0.2) is 8.78 Å². The van der Waals surface area contributed by atoms with Gasteiger partial charge < -0.3 is 4.90 Å². The van der Waals surface area contributed by atoms with Gasteiger partial charge in [0.25, 0.3) is 5.91 Å². The molecule has 2 rings (SSSR count). The van der Waals surface area contributed by atoms with Crippen LogP contribution in [-0.2, 0) is 0 Å². The maximum absolute atomic E-state index is 13.6. The predicted molar refractivity (Wildman–Crippen MR) is 73.5 cm³/mol. The molecule has 0 atom stereocenters. The summed E-state index contributed by atoms with van der Waals surface area (Å²) >= 11 is 0. The van der Waals surface area contributed by atoms with E-state index >= 15 is 0 Å². The molecule has 1 aromatic rings. The van der Waals surface area contributed by atoms with E-state index in [1.165, 1.54) is 6.07 Å². The first-order valence-electron chi connectivity index (χ1n) is 6.94. The van der Waals surface area contributed by atoms with Crippen LogP contribution in [0.15, 0.2) is 18.2 Å². The first-order chi connectivity index (χ1) is 9.47. The van der Waals surface area contributed by atoms with Gasteiger partial charge in [0.15, 0.2) is 0 Å². The Morgan fingerprint density at radius 2 is 1.85 bits per heavy atom.